The van der Waals surface area contributed by atoms with Gasteiger partial charge >= 0.3 is 6.18 Å². The fraction of sp³-hybridized carbons (Fsp3) is 0.458. The molecule has 1 N–H and O–H groups in total. The first-order valence-corrected chi connectivity index (χ1v) is 11.0. The first-order chi connectivity index (χ1) is 15.7. The first kappa shape index (κ1) is 23.4. The van der Waals surface area contributed by atoms with Crippen LogP contribution in [0.4, 0.5) is 13.2 Å². The quantitative estimate of drug-likeness (QED) is 0.568. The third kappa shape index (κ3) is 5.09. The van der Waals surface area contributed by atoms with Crippen molar-refractivity contribution in [3.63, 3.8) is 0 Å². The molecule has 0 unspecified atom stereocenters. The van der Waals surface area contributed by atoms with E-state index in [1.165, 1.54) is 6.07 Å². The molecule has 1 fully saturated rings. The number of ether oxygens (including phenoxy) is 1. The standard InChI is InChI=1S/C24H28F3N5O/c1-16-11-19(13-21(12-16)24(25,26)27)17(2)33-15-23(20-7-5-4-6-8-20)10-9-22(14-28-23)32-18(3)29-30-31-32/h4-8,11-13,17,22,28H,9-10,14-15H2,1-3H3/t17-,22-,23-/m1/s1. The molecule has 1 aromatic heterocycles. The van der Waals surface area contributed by atoms with Gasteiger partial charge in [0.05, 0.1) is 29.9 Å². The van der Waals surface area contributed by atoms with E-state index in [1.54, 1.807) is 19.9 Å². The smallest absolute Gasteiger partial charge is 0.372 e. The summed E-state index contributed by atoms with van der Waals surface area (Å²) in [5, 5.41) is 15.5. The molecule has 0 spiro atoms. The Bertz CT molecular complexity index is 1080. The lowest BCUT2D eigenvalue weighted by atomic mass is 9.81. The van der Waals surface area contributed by atoms with Gasteiger partial charge in [-0.05, 0) is 67.3 Å². The average molecular weight is 460 g/mol. The van der Waals surface area contributed by atoms with Gasteiger partial charge in [-0.3, -0.25) is 0 Å². The van der Waals surface area contributed by atoms with E-state index in [2.05, 4.69) is 33.0 Å². The van der Waals surface area contributed by atoms with Gasteiger partial charge in [0.2, 0.25) is 0 Å². The second kappa shape index (κ2) is 9.23. The zero-order chi connectivity index (χ0) is 23.6. The van der Waals surface area contributed by atoms with Crippen molar-refractivity contribution in [2.75, 3.05) is 13.2 Å². The summed E-state index contributed by atoms with van der Waals surface area (Å²) >= 11 is 0. The molecule has 176 valence electrons. The van der Waals surface area contributed by atoms with Crippen LogP contribution in [-0.4, -0.2) is 33.4 Å². The summed E-state index contributed by atoms with van der Waals surface area (Å²) in [6.45, 7) is 6.32. The Kier molecular flexibility index (Phi) is 6.54. The molecule has 4 rings (SSSR count). The fourth-order valence-corrected chi connectivity index (χ4v) is 4.49. The van der Waals surface area contributed by atoms with Gasteiger partial charge in [-0.25, -0.2) is 4.68 Å². The molecule has 0 radical (unpaired) electrons. The van der Waals surface area contributed by atoms with Gasteiger partial charge in [0.25, 0.3) is 0 Å². The molecule has 2 aromatic carbocycles. The third-order valence-corrected chi connectivity index (χ3v) is 6.39. The topological polar surface area (TPSA) is 64.9 Å². The first-order valence-electron chi connectivity index (χ1n) is 11.0. The highest BCUT2D eigenvalue weighted by Crippen LogP contribution is 2.37. The lowest BCUT2D eigenvalue weighted by Crippen LogP contribution is -2.52. The number of piperidine rings is 1. The molecular weight excluding hydrogens is 431 g/mol. The van der Waals surface area contributed by atoms with Crippen LogP contribution in [0.25, 0.3) is 0 Å². The van der Waals surface area contributed by atoms with Crippen LogP contribution in [0.15, 0.2) is 48.5 Å². The van der Waals surface area contributed by atoms with Crippen molar-refractivity contribution in [1.29, 1.82) is 0 Å². The second-order valence-corrected chi connectivity index (χ2v) is 8.78. The van der Waals surface area contributed by atoms with E-state index >= 15 is 0 Å². The number of hydrogen-bond acceptors (Lipinski definition) is 5. The van der Waals surface area contributed by atoms with Crippen LogP contribution in [0.2, 0.25) is 0 Å². The number of halogens is 3. The second-order valence-electron chi connectivity index (χ2n) is 8.78. The average Bonchev–Trinajstić information content (AvgIpc) is 3.23. The lowest BCUT2D eigenvalue weighted by Gasteiger charge is -2.42. The normalized spacial score (nSPS) is 22.3. The van der Waals surface area contributed by atoms with E-state index in [0.717, 1.165) is 30.3 Å². The molecule has 1 saturated heterocycles. The Hall–Kier alpha value is -2.78. The number of aryl methyl sites for hydroxylation is 2. The summed E-state index contributed by atoms with van der Waals surface area (Å²) in [7, 11) is 0. The Balaban J connectivity index is 1.53. The lowest BCUT2D eigenvalue weighted by molar-refractivity contribution is -0.137. The predicted molar refractivity (Wildman–Crippen MR) is 117 cm³/mol. The molecule has 0 bridgehead atoms. The van der Waals surface area contributed by atoms with Crippen LogP contribution < -0.4 is 5.32 Å². The number of benzene rings is 2. The summed E-state index contributed by atoms with van der Waals surface area (Å²) in [5.41, 5.74) is 1.06. The summed E-state index contributed by atoms with van der Waals surface area (Å²) in [6, 6.07) is 14.2. The monoisotopic (exact) mass is 459 g/mol. The Morgan fingerprint density at radius 3 is 2.55 bits per heavy atom. The maximum Gasteiger partial charge on any atom is 0.416 e. The highest BCUT2D eigenvalue weighted by molar-refractivity contribution is 5.32. The molecule has 1 aliphatic heterocycles. The van der Waals surface area contributed by atoms with Gasteiger partial charge in [-0.15, -0.1) is 5.10 Å². The van der Waals surface area contributed by atoms with Crippen molar-refractivity contribution < 1.29 is 17.9 Å². The van der Waals surface area contributed by atoms with Crippen molar-refractivity contribution in [3.05, 3.63) is 76.6 Å². The Morgan fingerprint density at radius 2 is 1.94 bits per heavy atom. The molecule has 0 amide bonds. The minimum absolute atomic E-state index is 0.125. The van der Waals surface area contributed by atoms with Crippen LogP contribution in [0.3, 0.4) is 0 Å². The van der Waals surface area contributed by atoms with E-state index in [1.807, 2.05) is 29.8 Å². The fourth-order valence-electron chi connectivity index (χ4n) is 4.49. The van der Waals surface area contributed by atoms with Crippen LogP contribution in [-0.2, 0) is 16.5 Å². The van der Waals surface area contributed by atoms with E-state index in [4.69, 9.17) is 4.74 Å². The summed E-state index contributed by atoms with van der Waals surface area (Å²) in [5.74, 6) is 0.763. The van der Waals surface area contributed by atoms with E-state index < -0.39 is 23.4 Å². The largest absolute Gasteiger partial charge is 0.416 e. The van der Waals surface area contributed by atoms with Crippen LogP contribution in [0.1, 0.15) is 60.0 Å². The number of hydrogen-bond donors (Lipinski definition) is 1. The highest BCUT2D eigenvalue weighted by atomic mass is 19.4. The maximum absolute atomic E-state index is 13.3. The number of aromatic nitrogens is 4. The summed E-state index contributed by atoms with van der Waals surface area (Å²) in [4.78, 5) is 0. The van der Waals surface area contributed by atoms with E-state index in [0.29, 0.717) is 24.3 Å². The number of tetrazole rings is 1. The number of rotatable bonds is 6. The number of alkyl halides is 3. The van der Waals surface area contributed by atoms with Crippen molar-refractivity contribution in [2.45, 2.75) is 57.5 Å². The molecule has 3 atom stereocenters. The van der Waals surface area contributed by atoms with E-state index in [-0.39, 0.29) is 6.04 Å². The highest BCUT2D eigenvalue weighted by Gasteiger charge is 2.38. The molecule has 1 aliphatic rings. The molecule has 3 aromatic rings. The van der Waals surface area contributed by atoms with Crippen LogP contribution in [0, 0.1) is 13.8 Å². The van der Waals surface area contributed by atoms with Gasteiger partial charge in [-0.2, -0.15) is 13.2 Å². The number of nitrogens with one attached hydrogen (secondary N) is 1. The van der Waals surface area contributed by atoms with Gasteiger partial charge in [-0.1, -0.05) is 42.0 Å². The molecule has 33 heavy (non-hydrogen) atoms. The molecule has 0 aliphatic carbocycles. The van der Waals surface area contributed by atoms with Gasteiger partial charge in [0, 0.05) is 6.54 Å². The zero-order valence-corrected chi connectivity index (χ0v) is 18.9. The van der Waals surface area contributed by atoms with Crippen LogP contribution in [0.5, 0.6) is 0 Å². The van der Waals surface area contributed by atoms with Crippen molar-refractivity contribution in [1.82, 2.24) is 25.5 Å². The van der Waals surface area contributed by atoms with Crippen molar-refractivity contribution in [2.24, 2.45) is 0 Å². The molecule has 9 heteroatoms. The summed E-state index contributed by atoms with van der Waals surface area (Å²) < 4.78 is 47.9. The number of nitrogens with zero attached hydrogens (tertiary/aromatic N) is 4. The molecule has 0 saturated carbocycles. The van der Waals surface area contributed by atoms with Gasteiger partial charge in [0.15, 0.2) is 0 Å². The van der Waals surface area contributed by atoms with Gasteiger partial charge < -0.3 is 10.1 Å². The zero-order valence-electron chi connectivity index (χ0n) is 18.9. The SMILES string of the molecule is Cc1cc([C@@H](C)OC[C@@]2(c3ccccc3)CC[C@@H](n3nnnc3C)CN2)cc(C(F)(F)F)c1. The Labute approximate surface area is 191 Å². The molecule has 6 nitrogen and oxygen atoms in total. The third-order valence-electron chi connectivity index (χ3n) is 6.39. The summed E-state index contributed by atoms with van der Waals surface area (Å²) in [6.07, 6.45) is -3.27. The van der Waals surface area contributed by atoms with Crippen molar-refractivity contribution in [3.8, 4) is 0 Å². The minimum atomic E-state index is -4.39. The maximum atomic E-state index is 13.3. The van der Waals surface area contributed by atoms with Crippen LogP contribution >= 0.6 is 0 Å². The Morgan fingerprint density at radius 1 is 1.18 bits per heavy atom. The predicted octanol–water partition coefficient (Wildman–Crippen LogP) is 4.91. The van der Waals surface area contributed by atoms with E-state index in [9.17, 15) is 13.2 Å². The minimum Gasteiger partial charge on any atom is -0.372 e. The van der Waals surface area contributed by atoms with Gasteiger partial charge in [0.1, 0.15) is 5.82 Å². The molecular formula is C24H28F3N5O. The van der Waals surface area contributed by atoms with Crippen molar-refractivity contribution >= 4 is 0 Å². The molecule has 2 heterocycles.